The third-order valence-electron chi connectivity index (χ3n) is 6.28. The Bertz CT molecular complexity index is 1480. The van der Waals surface area contributed by atoms with Crippen LogP contribution in [0, 0.1) is 5.92 Å². The molecule has 1 aliphatic rings. The average Bonchev–Trinajstić information content (AvgIpc) is 3.25. The maximum Gasteiger partial charge on any atom is 0.267 e. The van der Waals surface area contributed by atoms with Crippen LogP contribution in [-0.2, 0) is 17.8 Å². The number of benzene rings is 2. The van der Waals surface area contributed by atoms with Gasteiger partial charge in [-0.05, 0) is 47.9 Å². The lowest BCUT2D eigenvalue weighted by molar-refractivity contribution is 0.00200. The van der Waals surface area contributed by atoms with Crippen molar-refractivity contribution in [2.24, 2.45) is 5.92 Å². The molecule has 4 aromatic rings. The van der Waals surface area contributed by atoms with E-state index in [2.05, 4.69) is 29.8 Å². The fraction of sp³-hybridized carbons (Fsp3) is 0.296. The molecule has 1 unspecified atom stereocenters. The number of methoxy groups -OCH3 is 1. The Labute approximate surface area is 225 Å². The summed E-state index contributed by atoms with van der Waals surface area (Å²) in [5.41, 5.74) is 2.22. The summed E-state index contributed by atoms with van der Waals surface area (Å²) >= 11 is 6.19. The molecule has 2 aromatic heterocycles. The molecular formula is C27H25BrN2O4S2. The van der Waals surface area contributed by atoms with Crippen LogP contribution < -0.4 is 10.3 Å². The minimum atomic E-state index is -0.120. The van der Waals surface area contributed by atoms with Crippen molar-refractivity contribution in [3.8, 4) is 11.4 Å². The van der Waals surface area contributed by atoms with Crippen LogP contribution in [0.5, 0.6) is 5.75 Å². The van der Waals surface area contributed by atoms with Crippen molar-refractivity contribution >= 4 is 55.0 Å². The molecule has 36 heavy (non-hydrogen) atoms. The number of thiophene rings is 1. The summed E-state index contributed by atoms with van der Waals surface area (Å²) in [5.74, 6) is 1.19. The second-order valence-corrected chi connectivity index (χ2v) is 11.9. The van der Waals surface area contributed by atoms with Gasteiger partial charge in [0.2, 0.25) is 0 Å². The predicted octanol–water partition coefficient (Wildman–Crippen LogP) is 6.29. The summed E-state index contributed by atoms with van der Waals surface area (Å²) in [6.45, 7) is 4.76. The third-order valence-corrected chi connectivity index (χ3v) is 8.85. The fourth-order valence-electron chi connectivity index (χ4n) is 4.24. The maximum atomic E-state index is 14.0. The molecule has 0 N–H and O–H groups in total. The van der Waals surface area contributed by atoms with Gasteiger partial charge in [0.05, 0.1) is 36.6 Å². The first kappa shape index (κ1) is 25.2. The molecule has 0 saturated carbocycles. The standard InChI is InChI=1S/C27H25BrN2O4S2/c1-15(2)22-12-20-23(13-34-22)36-25-24(20)26(32)30(18-8-10-19(33-3)11-9-18)27(29-25)35-14-21(31)16-4-6-17(28)7-5-16/h4-11,15,22H,12-14H2,1-3H3. The number of hydrogen-bond donors (Lipinski definition) is 0. The van der Waals surface area contributed by atoms with Gasteiger partial charge in [-0.1, -0.05) is 53.7 Å². The Kier molecular flexibility index (Phi) is 7.35. The zero-order valence-corrected chi connectivity index (χ0v) is 23.3. The number of carbonyl (C=O) groups excluding carboxylic acids is 1. The molecule has 1 atom stereocenters. The molecule has 0 radical (unpaired) electrons. The summed E-state index contributed by atoms with van der Waals surface area (Å²) < 4.78 is 13.9. The Hall–Kier alpha value is -2.46. The van der Waals surface area contributed by atoms with Gasteiger partial charge in [-0.3, -0.25) is 14.2 Å². The number of carbonyl (C=O) groups is 1. The highest BCUT2D eigenvalue weighted by Gasteiger charge is 2.29. The van der Waals surface area contributed by atoms with Gasteiger partial charge in [0.15, 0.2) is 10.9 Å². The first-order valence-corrected chi connectivity index (χ1v) is 14.2. The lowest BCUT2D eigenvalue weighted by Crippen LogP contribution is -2.28. The van der Waals surface area contributed by atoms with Crippen LogP contribution in [0.4, 0.5) is 0 Å². The van der Waals surface area contributed by atoms with Gasteiger partial charge in [0.25, 0.3) is 5.56 Å². The zero-order chi connectivity index (χ0) is 25.4. The summed E-state index contributed by atoms with van der Waals surface area (Å²) in [4.78, 5) is 33.6. The lowest BCUT2D eigenvalue weighted by atomic mass is 9.96. The van der Waals surface area contributed by atoms with Crippen LogP contribution in [0.1, 0.15) is 34.6 Å². The van der Waals surface area contributed by atoms with E-state index in [0.29, 0.717) is 51.3 Å². The molecule has 0 amide bonds. The van der Waals surface area contributed by atoms with E-state index < -0.39 is 0 Å². The van der Waals surface area contributed by atoms with E-state index in [1.165, 1.54) is 23.1 Å². The number of Topliss-reactive ketones (excluding diaryl/α,β-unsaturated/α-hetero) is 1. The number of nitrogens with zero attached hydrogens (tertiary/aromatic N) is 2. The van der Waals surface area contributed by atoms with Crippen LogP contribution in [-0.4, -0.2) is 34.3 Å². The number of ether oxygens (including phenoxy) is 2. The fourth-order valence-corrected chi connectivity index (χ4v) is 6.58. The minimum absolute atomic E-state index is 0.0261. The normalized spacial score (nSPS) is 15.3. The Balaban J connectivity index is 1.59. The summed E-state index contributed by atoms with van der Waals surface area (Å²) in [7, 11) is 1.61. The zero-order valence-electron chi connectivity index (χ0n) is 20.1. The molecule has 0 saturated heterocycles. The first-order chi connectivity index (χ1) is 17.4. The molecule has 9 heteroatoms. The molecule has 0 aliphatic carbocycles. The smallest absolute Gasteiger partial charge is 0.267 e. The topological polar surface area (TPSA) is 70.4 Å². The molecule has 2 aromatic carbocycles. The predicted molar refractivity (Wildman–Crippen MR) is 148 cm³/mol. The molecule has 3 heterocycles. The molecule has 1 aliphatic heterocycles. The summed E-state index contributed by atoms with van der Waals surface area (Å²) in [6.07, 6.45) is 0.767. The Morgan fingerprint density at radius 1 is 1.22 bits per heavy atom. The molecule has 6 nitrogen and oxygen atoms in total. The van der Waals surface area contributed by atoms with Crippen molar-refractivity contribution in [2.75, 3.05) is 12.9 Å². The number of fused-ring (bicyclic) bond motifs is 3. The second-order valence-electron chi connectivity index (χ2n) is 8.93. The van der Waals surface area contributed by atoms with Gasteiger partial charge in [0, 0.05) is 21.3 Å². The summed E-state index contributed by atoms with van der Waals surface area (Å²) in [5, 5.41) is 1.14. The lowest BCUT2D eigenvalue weighted by Gasteiger charge is -2.26. The van der Waals surface area contributed by atoms with Gasteiger partial charge in [-0.2, -0.15) is 0 Å². The van der Waals surface area contributed by atoms with Crippen LogP contribution in [0.15, 0.2) is 63.0 Å². The number of thioether (sulfide) groups is 1. The van der Waals surface area contributed by atoms with Gasteiger partial charge < -0.3 is 9.47 Å². The number of rotatable bonds is 7. The van der Waals surface area contributed by atoms with Crippen LogP contribution in [0.3, 0.4) is 0 Å². The minimum Gasteiger partial charge on any atom is -0.497 e. The van der Waals surface area contributed by atoms with Crippen LogP contribution in [0.25, 0.3) is 15.9 Å². The number of halogens is 1. The van der Waals surface area contributed by atoms with E-state index in [-0.39, 0.29) is 23.2 Å². The molecule has 186 valence electrons. The highest BCUT2D eigenvalue weighted by molar-refractivity contribution is 9.10. The number of ketones is 1. The highest BCUT2D eigenvalue weighted by atomic mass is 79.9. The SMILES string of the molecule is COc1ccc(-n2c(SCC(=O)c3ccc(Br)cc3)nc3sc4c(c3c2=O)CC(C(C)C)OC4)cc1. The van der Waals surface area contributed by atoms with Gasteiger partial charge in [0.1, 0.15) is 10.6 Å². The molecule has 5 rings (SSSR count). The highest BCUT2D eigenvalue weighted by Crippen LogP contribution is 2.36. The van der Waals surface area contributed by atoms with E-state index in [1.807, 2.05) is 36.4 Å². The van der Waals surface area contributed by atoms with Crippen molar-refractivity contribution in [1.82, 2.24) is 9.55 Å². The van der Waals surface area contributed by atoms with E-state index in [1.54, 1.807) is 23.8 Å². The van der Waals surface area contributed by atoms with Crippen LogP contribution >= 0.6 is 39.0 Å². The first-order valence-electron chi connectivity index (χ1n) is 11.6. The van der Waals surface area contributed by atoms with E-state index >= 15 is 0 Å². The van der Waals surface area contributed by atoms with Crippen molar-refractivity contribution in [3.05, 3.63) is 79.4 Å². The Morgan fingerprint density at radius 3 is 2.61 bits per heavy atom. The molecule has 0 fully saturated rings. The Morgan fingerprint density at radius 2 is 1.94 bits per heavy atom. The van der Waals surface area contributed by atoms with Crippen molar-refractivity contribution in [1.29, 1.82) is 0 Å². The molecule has 0 spiro atoms. The van der Waals surface area contributed by atoms with Crippen molar-refractivity contribution in [2.45, 2.75) is 38.1 Å². The van der Waals surface area contributed by atoms with E-state index in [4.69, 9.17) is 14.5 Å². The van der Waals surface area contributed by atoms with Gasteiger partial charge in [-0.25, -0.2) is 4.98 Å². The van der Waals surface area contributed by atoms with E-state index in [0.717, 1.165) is 14.9 Å². The quantitative estimate of drug-likeness (QED) is 0.144. The van der Waals surface area contributed by atoms with Crippen LogP contribution in [0.2, 0.25) is 0 Å². The third kappa shape index (κ3) is 4.89. The summed E-state index contributed by atoms with van der Waals surface area (Å²) in [6, 6.07) is 14.6. The average molecular weight is 586 g/mol. The second kappa shape index (κ2) is 10.5. The monoisotopic (exact) mass is 584 g/mol. The van der Waals surface area contributed by atoms with Crippen molar-refractivity contribution in [3.63, 3.8) is 0 Å². The number of hydrogen-bond acceptors (Lipinski definition) is 7. The van der Waals surface area contributed by atoms with E-state index in [9.17, 15) is 9.59 Å². The molecular weight excluding hydrogens is 560 g/mol. The largest absolute Gasteiger partial charge is 0.497 e. The van der Waals surface area contributed by atoms with Gasteiger partial charge in [-0.15, -0.1) is 11.3 Å². The van der Waals surface area contributed by atoms with Gasteiger partial charge >= 0.3 is 0 Å². The number of aromatic nitrogens is 2. The molecule has 0 bridgehead atoms. The van der Waals surface area contributed by atoms with Crippen molar-refractivity contribution < 1.29 is 14.3 Å². The maximum absolute atomic E-state index is 14.0.